The van der Waals surface area contributed by atoms with Gasteiger partial charge in [-0.3, -0.25) is 14.4 Å². The molecular weight excluding hydrogens is 505 g/mol. The van der Waals surface area contributed by atoms with Gasteiger partial charge in [0.2, 0.25) is 0 Å². The van der Waals surface area contributed by atoms with Crippen molar-refractivity contribution in [1.29, 1.82) is 0 Å². The van der Waals surface area contributed by atoms with Crippen molar-refractivity contribution >= 4 is 67.4 Å². The Morgan fingerprint density at radius 3 is 0.861 bits per heavy atom. The van der Waals surface area contributed by atoms with E-state index in [4.69, 9.17) is 0 Å². The van der Waals surface area contributed by atoms with Crippen LogP contribution in [0.3, 0.4) is 0 Å². The van der Waals surface area contributed by atoms with E-state index in [0.717, 1.165) is 46.1 Å². The van der Waals surface area contributed by atoms with Gasteiger partial charge >= 0.3 is 0 Å². The summed E-state index contributed by atoms with van der Waals surface area (Å²) in [4.78, 5) is 41.5. The Morgan fingerprint density at radius 2 is 0.667 bits per heavy atom. The number of carbonyl (C=O) groups is 3. The van der Waals surface area contributed by atoms with E-state index < -0.39 is 0 Å². The highest BCUT2D eigenvalue weighted by Gasteiger charge is 2.12. The standard InChI is InChI=1S/C30H24O3S3/c1-19(31)16-28-22-4-10-26(11-5-22)35-30(18-21(3)33)24-8-14-27(15-9-24)36-29(17-20(2)32)23-6-12-25(34-28)13-7-23/h4-18H,1-3H3/b28-16-,29-17-,30-18+. The third kappa shape index (κ3) is 7.00. The first-order valence-corrected chi connectivity index (χ1v) is 13.7. The number of allylic oxidation sites excluding steroid dienone is 3. The topological polar surface area (TPSA) is 51.2 Å². The second-order valence-corrected chi connectivity index (χ2v) is 11.6. The fourth-order valence-corrected chi connectivity index (χ4v) is 6.53. The summed E-state index contributed by atoms with van der Waals surface area (Å²) in [5, 5.41) is 0. The highest BCUT2D eigenvalue weighted by atomic mass is 32.2. The van der Waals surface area contributed by atoms with Gasteiger partial charge in [-0.2, -0.15) is 0 Å². The van der Waals surface area contributed by atoms with Crippen molar-refractivity contribution in [2.75, 3.05) is 0 Å². The molecule has 36 heavy (non-hydrogen) atoms. The molecule has 0 atom stereocenters. The van der Waals surface area contributed by atoms with Gasteiger partial charge in [-0.25, -0.2) is 0 Å². The molecule has 0 saturated carbocycles. The predicted molar refractivity (Wildman–Crippen MR) is 153 cm³/mol. The minimum Gasteiger partial charge on any atom is -0.295 e. The molecule has 3 aromatic carbocycles. The van der Waals surface area contributed by atoms with Crippen molar-refractivity contribution in [1.82, 2.24) is 0 Å². The van der Waals surface area contributed by atoms with Gasteiger partial charge < -0.3 is 0 Å². The van der Waals surface area contributed by atoms with Crippen LogP contribution in [0, 0.1) is 0 Å². The van der Waals surface area contributed by atoms with Crippen LogP contribution < -0.4 is 0 Å². The molecule has 0 spiro atoms. The molecule has 3 aromatic rings. The zero-order valence-corrected chi connectivity index (χ0v) is 22.6. The smallest absolute Gasteiger partial charge is 0.153 e. The van der Waals surface area contributed by atoms with E-state index in [1.807, 2.05) is 72.8 Å². The molecule has 4 aliphatic rings. The summed E-state index contributed by atoms with van der Waals surface area (Å²) < 4.78 is 0. The Bertz CT molecular complexity index is 1220. The summed E-state index contributed by atoms with van der Waals surface area (Å²) in [6.07, 6.45) is 4.95. The summed E-state index contributed by atoms with van der Waals surface area (Å²) in [5.74, 6) is -0.0625. The first-order valence-electron chi connectivity index (χ1n) is 11.3. The molecule has 6 heteroatoms. The molecule has 0 unspecified atom stereocenters. The maximum absolute atomic E-state index is 12.0. The van der Waals surface area contributed by atoms with Crippen molar-refractivity contribution in [2.24, 2.45) is 0 Å². The Morgan fingerprint density at radius 1 is 0.444 bits per heavy atom. The molecule has 7 rings (SSSR count). The van der Waals surface area contributed by atoms with Crippen LogP contribution in [0.5, 0.6) is 0 Å². The van der Waals surface area contributed by atoms with E-state index in [-0.39, 0.29) is 17.3 Å². The van der Waals surface area contributed by atoms with Gasteiger partial charge in [-0.15, -0.1) is 0 Å². The van der Waals surface area contributed by atoms with Crippen molar-refractivity contribution in [2.45, 2.75) is 35.5 Å². The molecule has 0 amide bonds. The van der Waals surface area contributed by atoms with Gasteiger partial charge in [0.05, 0.1) is 0 Å². The van der Waals surface area contributed by atoms with E-state index in [1.165, 1.54) is 35.3 Å². The average Bonchev–Trinajstić information content (AvgIpc) is 2.83. The Kier molecular flexibility index (Phi) is 8.52. The van der Waals surface area contributed by atoms with Crippen molar-refractivity contribution < 1.29 is 14.4 Å². The zero-order valence-electron chi connectivity index (χ0n) is 20.1. The summed E-state index contributed by atoms with van der Waals surface area (Å²) >= 11 is 4.58. The number of carbonyl (C=O) groups excluding carboxylic acids is 3. The van der Waals surface area contributed by atoms with Crippen LogP contribution in [-0.4, -0.2) is 17.3 Å². The first-order chi connectivity index (χ1) is 17.3. The van der Waals surface area contributed by atoms with Crippen LogP contribution in [-0.2, 0) is 14.4 Å². The summed E-state index contributed by atoms with van der Waals surface area (Å²) in [5.41, 5.74) is 2.83. The molecule has 0 saturated heterocycles. The summed E-state index contributed by atoms with van der Waals surface area (Å²) in [6, 6.07) is 24.1. The normalized spacial score (nSPS) is 16.9. The molecule has 180 valence electrons. The molecule has 0 radical (unpaired) electrons. The van der Waals surface area contributed by atoms with Crippen LogP contribution in [0.1, 0.15) is 37.5 Å². The lowest BCUT2D eigenvalue weighted by Gasteiger charge is -2.13. The SMILES string of the molecule is CC(=O)/C=C1\Sc2ccc(cc2)/C(=C\C(C)=O)Sc2ccc(cc2)/C(=C/C(C)=O)Sc2ccc1cc2. The number of fused-ring (bicyclic) bond motifs is 3. The number of rotatable bonds is 3. The fourth-order valence-electron chi connectivity index (χ4n) is 3.51. The second kappa shape index (κ2) is 11.8. The molecule has 0 fully saturated rings. The molecule has 0 aliphatic carbocycles. The molecule has 0 aromatic heterocycles. The van der Waals surface area contributed by atoms with Gasteiger partial charge in [0.25, 0.3) is 0 Å². The van der Waals surface area contributed by atoms with Crippen LogP contribution in [0.4, 0.5) is 0 Å². The number of benzene rings is 3. The molecule has 3 nitrogen and oxygen atoms in total. The van der Waals surface area contributed by atoms with Crippen molar-refractivity contribution in [3.05, 3.63) is 108 Å². The molecule has 4 aliphatic heterocycles. The Hall–Kier alpha value is -3.06. The second-order valence-electron chi connectivity index (χ2n) is 8.24. The van der Waals surface area contributed by atoms with E-state index in [2.05, 4.69) is 0 Å². The van der Waals surface area contributed by atoms with E-state index in [1.54, 1.807) is 39.0 Å². The predicted octanol–water partition coefficient (Wildman–Crippen LogP) is 8.17. The van der Waals surface area contributed by atoms with Gasteiger partial charge in [0.15, 0.2) is 17.3 Å². The van der Waals surface area contributed by atoms with Crippen LogP contribution >= 0.6 is 35.3 Å². The van der Waals surface area contributed by atoms with Gasteiger partial charge in [0, 0.05) is 29.4 Å². The lowest BCUT2D eigenvalue weighted by atomic mass is 10.2. The van der Waals surface area contributed by atoms with Gasteiger partial charge in [0.1, 0.15) is 0 Å². The minimum absolute atomic E-state index is 0.0208. The quantitative estimate of drug-likeness (QED) is 0.320. The Balaban J connectivity index is 1.86. The van der Waals surface area contributed by atoms with Crippen LogP contribution in [0.15, 0.2) is 106 Å². The van der Waals surface area contributed by atoms with Crippen molar-refractivity contribution in [3.8, 4) is 0 Å². The average molecular weight is 529 g/mol. The first kappa shape index (κ1) is 26.0. The lowest BCUT2D eigenvalue weighted by Crippen LogP contribution is -1.91. The molecule has 0 N–H and O–H groups in total. The van der Waals surface area contributed by atoms with Crippen LogP contribution in [0.25, 0.3) is 14.7 Å². The van der Waals surface area contributed by atoms with Gasteiger partial charge in [-0.05, 0) is 92.1 Å². The minimum atomic E-state index is -0.0208. The Labute approximate surface area is 224 Å². The van der Waals surface area contributed by atoms with E-state index >= 15 is 0 Å². The van der Waals surface area contributed by atoms with E-state index in [0.29, 0.717) is 0 Å². The third-order valence-electron chi connectivity index (χ3n) is 5.10. The highest BCUT2D eigenvalue weighted by Crippen LogP contribution is 2.41. The van der Waals surface area contributed by atoms with E-state index in [9.17, 15) is 14.4 Å². The number of ketones is 3. The molecule has 6 bridgehead atoms. The molecule has 4 heterocycles. The monoisotopic (exact) mass is 528 g/mol. The largest absolute Gasteiger partial charge is 0.295 e. The number of thioether (sulfide) groups is 3. The maximum Gasteiger partial charge on any atom is 0.153 e. The fraction of sp³-hybridized carbons (Fsp3) is 0.100. The molecular formula is C30H24O3S3. The van der Waals surface area contributed by atoms with Gasteiger partial charge in [-0.1, -0.05) is 71.7 Å². The van der Waals surface area contributed by atoms with Crippen LogP contribution in [0.2, 0.25) is 0 Å². The summed E-state index contributed by atoms with van der Waals surface area (Å²) in [6.45, 7) is 4.64. The zero-order chi connectivity index (χ0) is 25.7. The number of hydrogen-bond acceptors (Lipinski definition) is 6. The summed E-state index contributed by atoms with van der Waals surface area (Å²) in [7, 11) is 0. The maximum atomic E-state index is 12.0. The number of hydrogen-bond donors (Lipinski definition) is 0. The highest BCUT2D eigenvalue weighted by molar-refractivity contribution is 8.09. The van der Waals surface area contributed by atoms with Crippen molar-refractivity contribution in [3.63, 3.8) is 0 Å². The third-order valence-corrected chi connectivity index (χ3v) is 8.35. The lowest BCUT2D eigenvalue weighted by molar-refractivity contribution is -0.113.